The molecule has 0 saturated heterocycles. The minimum absolute atomic E-state index is 0.295. The van der Waals surface area contributed by atoms with Crippen molar-refractivity contribution in [2.75, 3.05) is 0 Å². The van der Waals surface area contributed by atoms with Crippen molar-refractivity contribution >= 4 is 0 Å². The first-order valence-electron chi connectivity index (χ1n) is 4.00. The van der Waals surface area contributed by atoms with Crippen LogP contribution in [0.1, 0.15) is 29.9 Å². The predicted molar refractivity (Wildman–Crippen MR) is 43.1 cm³/mol. The average Bonchev–Trinajstić information content (AvgIpc) is 2.85. The van der Waals surface area contributed by atoms with Crippen LogP contribution in [0.15, 0.2) is 18.2 Å². The molecule has 0 aliphatic heterocycles. The van der Waals surface area contributed by atoms with Crippen LogP contribution in [0.4, 0.5) is 4.39 Å². The van der Waals surface area contributed by atoms with Crippen LogP contribution in [0.2, 0.25) is 0 Å². The van der Waals surface area contributed by atoms with Crippen LogP contribution >= 0.6 is 0 Å². The van der Waals surface area contributed by atoms with Gasteiger partial charge in [-0.1, -0.05) is 0 Å². The summed E-state index contributed by atoms with van der Waals surface area (Å²) >= 11 is 0. The van der Waals surface area contributed by atoms with Crippen LogP contribution in [0.3, 0.4) is 0 Å². The van der Waals surface area contributed by atoms with Gasteiger partial charge in [-0.15, -0.1) is 0 Å². The van der Waals surface area contributed by atoms with Crippen LogP contribution < -0.4 is 0 Å². The van der Waals surface area contributed by atoms with E-state index in [1.54, 1.807) is 6.07 Å². The summed E-state index contributed by atoms with van der Waals surface area (Å²) in [7, 11) is 0. The molecule has 1 fully saturated rings. The minimum atomic E-state index is -0.295. The third-order valence-corrected chi connectivity index (χ3v) is 2.10. The van der Waals surface area contributed by atoms with Gasteiger partial charge >= 0.3 is 0 Å². The molecule has 0 spiro atoms. The first-order valence-corrected chi connectivity index (χ1v) is 4.00. The number of nitrogens with zero attached hydrogens (tertiary/aromatic N) is 1. The fourth-order valence-electron chi connectivity index (χ4n) is 1.33. The van der Waals surface area contributed by atoms with E-state index in [1.165, 1.54) is 12.1 Å². The van der Waals surface area contributed by atoms with Crippen molar-refractivity contribution in [3.05, 3.63) is 35.1 Å². The Labute approximate surface area is 70.4 Å². The Bertz CT molecular complexity index is 347. The molecule has 1 aliphatic rings. The van der Waals surface area contributed by atoms with E-state index in [0.29, 0.717) is 11.5 Å². The summed E-state index contributed by atoms with van der Waals surface area (Å²) in [6.45, 7) is 0. The summed E-state index contributed by atoms with van der Waals surface area (Å²) < 4.78 is 12.9. The summed E-state index contributed by atoms with van der Waals surface area (Å²) in [6.07, 6.45) is 2.27. The molecule has 1 aliphatic carbocycles. The zero-order valence-electron chi connectivity index (χ0n) is 6.55. The van der Waals surface area contributed by atoms with Crippen molar-refractivity contribution in [2.24, 2.45) is 0 Å². The highest BCUT2D eigenvalue weighted by atomic mass is 19.1. The molecule has 0 radical (unpaired) electrons. The van der Waals surface area contributed by atoms with Crippen molar-refractivity contribution < 1.29 is 4.39 Å². The number of hydrogen-bond donors (Lipinski definition) is 0. The maximum Gasteiger partial charge on any atom is 0.124 e. The smallest absolute Gasteiger partial charge is 0.124 e. The Morgan fingerprint density at radius 3 is 2.67 bits per heavy atom. The molecule has 0 aromatic heterocycles. The molecule has 0 unspecified atom stereocenters. The molecule has 1 aromatic carbocycles. The fourth-order valence-corrected chi connectivity index (χ4v) is 1.33. The molecular formula is C10H8FN. The van der Waals surface area contributed by atoms with Gasteiger partial charge in [-0.05, 0) is 42.5 Å². The van der Waals surface area contributed by atoms with Crippen molar-refractivity contribution in [1.29, 1.82) is 5.26 Å². The Kier molecular flexibility index (Phi) is 1.58. The van der Waals surface area contributed by atoms with Gasteiger partial charge in [0.2, 0.25) is 0 Å². The third kappa shape index (κ3) is 1.31. The fraction of sp³-hybridized carbons (Fsp3) is 0.300. The molecule has 1 nitrogen and oxygen atoms in total. The highest BCUT2D eigenvalue weighted by Gasteiger charge is 2.24. The molecule has 0 bridgehead atoms. The number of benzene rings is 1. The van der Waals surface area contributed by atoms with Crippen LogP contribution in [0, 0.1) is 17.1 Å². The quantitative estimate of drug-likeness (QED) is 0.621. The third-order valence-electron chi connectivity index (χ3n) is 2.10. The summed E-state index contributed by atoms with van der Waals surface area (Å²) in [5, 5.41) is 8.57. The number of hydrogen-bond acceptors (Lipinski definition) is 1. The molecule has 2 heteroatoms. The molecule has 0 atom stereocenters. The van der Waals surface area contributed by atoms with E-state index in [2.05, 4.69) is 0 Å². The van der Waals surface area contributed by atoms with Crippen LogP contribution in [-0.2, 0) is 0 Å². The minimum Gasteiger partial charge on any atom is -0.207 e. The van der Waals surface area contributed by atoms with E-state index in [0.717, 1.165) is 18.4 Å². The molecule has 0 heterocycles. The van der Waals surface area contributed by atoms with Gasteiger partial charge in [0.15, 0.2) is 0 Å². The lowest BCUT2D eigenvalue weighted by atomic mass is 10.1. The monoisotopic (exact) mass is 161 g/mol. The van der Waals surface area contributed by atoms with E-state index >= 15 is 0 Å². The van der Waals surface area contributed by atoms with Gasteiger partial charge in [-0.25, -0.2) is 4.39 Å². The van der Waals surface area contributed by atoms with Crippen LogP contribution in [0.25, 0.3) is 0 Å². The molecule has 1 saturated carbocycles. The van der Waals surface area contributed by atoms with E-state index < -0.39 is 0 Å². The highest BCUT2D eigenvalue weighted by molar-refractivity contribution is 5.36. The predicted octanol–water partition coefficient (Wildman–Crippen LogP) is 2.57. The van der Waals surface area contributed by atoms with Gasteiger partial charge in [0.25, 0.3) is 0 Å². The molecule has 2 rings (SSSR count). The summed E-state index contributed by atoms with van der Waals surface area (Å²) in [5.41, 5.74) is 1.41. The maximum atomic E-state index is 12.9. The first kappa shape index (κ1) is 7.30. The number of nitriles is 1. The Morgan fingerprint density at radius 2 is 2.08 bits per heavy atom. The Hall–Kier alpha value is -1.36. The maximum absolute atomic E-state index is 12.9. The topological polar surface area (TPSA) is 23.8 Å². The van der Waals surface area contributed by atoms with Crippen LogP contribution in [-0.4, -0.2) is 0 Å². The van der Waals surface area contributed by atoms with E-state index in [9.17, 15) is 4.39 Å². The van der Waals surface area contributed by atoms with Crippen molar-refractivity contribution in [1.82, 2.24) is 0 Å². The lowest BCUT2D eigenvalue weighted by molar-refractivity contribution is 0.625. The Morgan fingerprint density at radius 1 is 1.33 bits per heavy atom. The van der Waals surface area contributed by atoms with E-state index in [1.807, 2.05) is 6.07 Å². The standard InChI is InChI=1S/C10H8FN/c11-10-4-7(6-12)3-9(5-10)8-1-2-8/h3-5,8H,1-2H2. The molecule has 1 aromatic rings. The van der Waals surface area contributed by atoms with Crippen molar-refractivity contribution in [3.8, 4) is 6.07 Å². The van der Waals surface area contributed by atoms with Crippen molar-refractivity contribution in [2.45, 2.75) is 18.8 Å². The molecule has 0 N–H and O–H groups in total. The van der Waals surface area contributed by atoms with Gasteiger partial charge in [0.05, 0.1) is 11.6 Å². The zero-order chi connectivity index (χ0) is 8.55. The van der Waals surface area contributed by atoms with Gasteiger partial charge < -0.3 is 0 Å². The molecular weight excluding hydrogens is 153 g/mol. The molecule has 60 valence electrons. The summed E-state index contributed by atoms with van der Waals surface area (Å²) in [4.78, 5) is 0. The van der Waals surface area contributed by atoms with Crippen molar-refractivity contribution in [3.63, 3.8) is 0 Å². The first-order chi connectivity index (χ1) is 5.79. The summed E-state index contributed by atoms with van der Waals surface area (Å²) in [6, 6.07) is 6.53. The van der Waals surface area contributed by atoms with Gasteiger partial charge in [-0.3, -0.25) is 0 Å². The summed E-state index contributed by atoms with van der Waals surface area (Å²) in [5.74, 6) is 0.212. The van der Waals surface area contributed by atoms with E-state index in [4.69, 9.17) is 5.26 Å². The highest BCUT2D eigenvalue weighted by Crippen LogP contribution is 2.40. The largest absolute Gasteiger partial charge is 0.207 e. The second kappa shape index (κ2) is 2.60. The van der Waals surface area contributed by atoms with E-state index in [-0.39, 0.29) is 5.82 Å². The SMILES string of the molecule is N#Cc1cc(F)cc(C2CC2)c1. The van der Waals surface area contributed by atoms with Crippen LogP contribution in [0.5, 0.6) is 0 Å². The number of halogens is 1. The second-order valence-electron chi connectivity index (χ2n) is 3.16. The zero-order valence-corrected chi connectivity index (χ0v) is 6.55. The normalized spacial score (nSPS) is 15.7. The van der Waals surface area contributed by atoms with Gasteiger partial charge in [0.1, 0.15) is 5.82 Å². The number of rotatable bonds is 1. The molecule has 0 amide bonds. The lowest BCUT2D eigenvalue weighted by Gasteiger charge is -1.98. The second-order valence-corrected chi connectivity index (χ2v) is 3.16. The lowest BCUT2D eigenvalue weighted by Crippen LogP contribution is -1.85. The average molecular weight is 161 g/mol. The van der Waals surface area contributed by atoms with Gasteiger partial charge in [-0.2, -0.15) is 5.26 Å². The Balaban J connectivity index is 2.43. The van der Waals surface area contributed by atoms with Gasteiger partial charge in [0, 0.05) is 0 Å². The molecule has 12 heavy (non-hydrogen) atoms.